The Morgan fingerprint density at radius 1 is 0.821 bits per heavy atom. The molecule has 0 N–H and O–H groups in total. The minimum absolute atomic E-state index is 0.0534. The van der Waals surface area contributed by atoms with Crippen molar-refractivity contribution in [2.24, 2.45) is 16.7 Å². The summed E-state index contributed by atoms with van der Waals surface area (Å²) in [6.45, 7) is 9.39. The first-order valence-corrected chi connectivity index (χ1v) is 12.6. The van der Waals surface area contributed by atoms with Crippen molar-refractivity contribution in [1.82, 2.24) is 0 Å². The molecule has 0 amide bonds. The van der Waals surface area contributed by atoms with Gasteiger partial charge in [-0.15, -0.1) is 0 Å². The highest BCUT2D eigenvalue weighted by atomic mass is 16.5. The molecule has 0 spiro atoms. The molecular weight excluding hydrogens is 344 g/mol. The number of carbonyl (C=O) groups is 1. The van der Waals surface area contributed by atoms with Gasteiger partial charge in [0.25, 0.3) is 0 Å². The fourth-order valence-corrected chi connectivity index (χ4v) is 5.81. The summed E-state index contributed by atoms with van der Waals surface area (Å²) in [6, 6.07) is 0. The summed E-state index contributed by atoms with van der Waals surface area (Å²) >= 11 is 0. The van der Waals surface area contributed by atoms with Gasteiger partial charge in [0.15, 0.2) is 0 Å². The Kier molecular flexibility index (Phi) is 9.84. The summed E-state index contributed by atoms with van der Waals surface area (Å²) in [7, 11) is 0. The van der Waals surface area contributed by atoms with E-state index in [9.17, 15) is 4.79 Å². The molecule has 0 radical (unpaired) electrons. The van der Waals surface area contributed by atoms with E-state index in [4.69, 9.17) is 4.74 Å². The SMILES string of the molecule is CCCCCCCCCCCCCCCC(=O)OC1C[C@H]2CC[C@@]1(C)C2(C)C. The lowest BCUT2D eigenvalue weighted by molar-refractivity contribution is -0.157. The third-order valence-corrected chi connectivity index (χ3v) is 8.47. The summed E-state index contributed by atoms with van der Waals surface area (Å²) in [4.78, 5) is 12.3. The van der Waals surface area contributed by atoms with Crippen molar-refractivity contribution in [3.63, 3.8) is 0 Å². The van der Waals surface area contributed by atoms with Crippen LogP contribution in [0.1, 0.15) is 137 Å². The Labute approximate surface area is 175 Å². The number of hydrogen-bond donors (Lipinski definition) is 0. The van der Waals surface area contributed by atoms with E-state index in [0.717, 1.165) is 18.8 Å². The van der Waals surface area contributed by atoms with Gasteiger partial charge in [-0.1, -0.05) is 105 Å². The van der Waals surface area contributed by atoms with Gasteiger partial charge >= 0.3 is 5.97 Å². The van der Waals surface area contributed by atoms with Gasteiger partial charge in [0.1, 0.15) is 6.10 Å². The average molecular weight is 393 g/mol. The van der Waals surface area contributed by atoms with Crippen LogP contribution in [0.5, 0.6) is 0 Å². The van der Waals surface area contributed by atoms with E-state index in [2.05, 4.69) is 27.7 Å². The van der Waals surface area contributed by atoms with Crippen molar-refractivity contribution >= 4 is 5.97 Å². The second-order valence-electron chi connectivity index (χ2n) is 10.6. The lowest BCUT2D eigenvalue weighted by atomic mass is 9.70. The van der Waals surface area contributed by atoms with Crippen molar-refractivity contribution < 1.29 is 9.53 Å². The molecule has 2 aliphatic rings. The Balaban J connectivity index is 1.42. The highest BCUT2D eigenvalue weighted by molar-refractivity contribution is 5.69. The first-order valence-electron chi connectivity index (χ1n) is 12.6. The van der Waals surface area contributed by atoms with Crippen molar-refractivity contribution in [1.29, 1.82) is 0 Å². The maximum Gasteiger partial charge on any atom is 0.306 e. The van der Waals surface area contributed by atoms with Crippen molar-refractivity contribution in [2.75, 3.05) is 0 Å². The fraction of sp³-hybridized carbons (Fsp3) is 0.962. The molecule has 0 aromatic rings. The zero-order valence-electron chi connectivity index (χ0n) is 19.5. The van der Waals surface area contributed by atoms with Crippen LogP contribution >= 0.6 is 0 Å². The molecule has 2 bridgehead atoms. The van der Waals surface area contributed by atoms with Crippen LogP contribution in [0, 0.1) is 16.7 Å². The molecule has 0 aromatic heterocycles. The Morgan fingerprint density at radius 2 is 1.32 bits per heavy atom. The van der Waals surface area contributed by atoms with Crippen LogP contribution in [-0.4, -0.2) is 12.1 Å². The van der Waals surface area contributed by atoms with Crippen LogP contribution < -0.4 is 0 Å². The van der Waals surface area contributed by atoms with Crippen molar-refractivity contribution in [3.8, 4) is 0 Å². The van der Waals surface area contributed by atoms with Gasteiger partial charge in [0.2, 0.25) is 0 Å². The summed E-state index contributed by atoms with van der Waals surface area (Å²) in [5.74, 6) is 0.796. The van der Waals surface area contributed by atoms with E-state index in [1.807, 2.05) is 0 Å². The number of carbonyl (C=O) groups excluding carboxylic acids is 1. The van der Waals surface area contributed by atoms with E-state index in [1.54, 1.807) is 0 Å². The topological polar surface area (TPSA) is 26.3 Å². The van der Waals surface area contributed by atoms with Crippen LogP contribution in [0.25, 0.3) is 0 Å². The highest BCUT2D eigenvalue weighted by Gasteiger charge is 2.62. The molecule has 2 aliphatic carbocycles. The fourth-order valence-electron chi connectivity index (χ4n) is 5.81. The van der Waals surface area contributed by atoms with E-state index in [-0.39, 0.29) is 17.5 Å². The molecule has 2 saturated carbocycles. The third kappa shape index (κ3) is 6.23. The van der Waals surface area contributed by atoms with Gasteiger partial charge < -0.3 is 4.74 Å². The summed E-state index contributed by atoms with van der Waals surface area (Å²) in [5.41, 5.74) is 0.525. The quantitative estimate of drug-likeness (QED) is 0.207. The first-order chi connectivity index (χ1) is 13.4. The van der Waals surface area contributed by atoms with E-state index in [0.29, 0.717) is 11.8 Å². The van der Waals surface area contributed by atoms with E-state index >= 15 is 0 Å². The van der Waals surface area contributed by atoms with Gasteiger partial charge in [0.05, 0.1) is 0 Å². The minimum Gasteiger partial charge on any atom is -0.462 e. The second-order valence-corrected chi connectivity index (χ2v) is 10.6. The molecule has 0 aromatic carbocycles. The minimum atomic E-state index is 0.0534. The van der Waals surface area contributed by atoms with Gasteiger partial charge in [-0.05, 0) is 37.0 Å². The molecule has 1 unspecified atom stereocenters. The molecule has 0 aliphatic heterocycles. The molecule has 0 saturated heterocycles. The maximum atomic E-state index is 12.3. The number of unbranched alkanes of at least 4 members (excludes halogenated alkanes) is 12. The summed E-state index contributed by atoms with van der Waals surface area (Å²) in [6.07, 6.45) is 21.9. The van der Waals surface area contributed by atoms with Crippen LogP contribution in [0.2, 0.25) is 0 Å². The van der Waals surface area contributed by atoms with Crippen LogP contribution in [-0.2, 0) is 9.53 Å². The monoisotopic (exact) mass is 392 g/mol. The van der Waals surface area contributed by atoms with Crippen molar-refractivity contribution in [2.45, 2.75) is 143 Å². The summed E-state index contributed by atoms with van der Waals surface area (Å²) < 4.78 is 5.95. The Morgan fingerprint density at radius 3 is 1.75 bits per heavy atom. The lowest BCUT2D eigenvalue weighted by Gasteiger charge is -2.38. The maximum absolute atomic E-state index is 12.3. The van der Waals surface area contributed by atoms with Crippen LogP contribution in [0.3, 0.4) is 0 Å². The molecule has 0 heterocycles. The number of hydrogen-bond acceptors (Lipinski definition) is 2. The van der Waals surface area contributed by atoms with Gasteiger partial charge in [0, 0.05) is 11.8 Å². The molecule has 2 heteroatoms. The van der Waals surface area contributed by atoms with Crippen molar-refractivity contribution in [3.05, 3.63) is 0 Å². The van der Waals surface area contributed by atoms with E-state index < -0.39 is 0 Å². The normalized spacial score (nSPS) is 28.0. The standard InChI is InChI=1S/C26H48O2/c1-5-6-7-8-9-10-11-12-13-14-15-16-17-18-24(27)28-23-21-22-19-20-26(23,4)25(22,2)3/h22-23H,5-21H2,1-4H3/t22-,23?,26-/m1/s1. The van der Waals surface area contributed by atoms with E-state index in [1.165, 1.54) is 89.9 Å². The molecule has 28 heavy (non-hydrogen) atoms. The number of rotatable bonds is 15. The van der Waals surface area contributed by atoms with Crippen LogP contribution in [0.4, 0.5) is 0 Å². The molecule has 2 nitrogen and oxygen atoms in total. The number of fused-ring (bicyclic) bond motifs is 2. The number of esters is 1. The zero-order chi connectivity index (χ0) is 20.5. The molecule has 3 atom stereocenters. The second kappa shape index (κ2) is 11.6. The van der Waals surface area contributed by atoms with Gasteiger partial charge in [-0.3, -0.25) is 4.79 Å². The predicted molar refractivity (Wildman–Crippen MR) is 119 cm³/mol. The Hall–Kier alpha value is -0.530. The zero-order valence-corrected chi connectivity index (χ0v) is 19.5. The Bertz CT molecular complexity index is 455. The third-order valence-electron chi connectivity index (χ3n) is 8.47. The van der Waals surface area contributed by atoms with Crippen LogP contribution in [0.15, 0.2) is 0 Å². The molecular formula is C26H48O2. The lowest BCUT2D eigenvalue weighted by Crippen LogP contribution is -2.38. The first kappa shape index (κ1) is 23.7. The van der Waals surface area contributed by atoms with Gasteiger partial charge in [-0.25, -0.2) is 0 Å². The predicted octanol–water partition coefficient (Wildman–Crippen LogP) is 8.23. The largest absolute Gasteiger partial charge is 0.462 e. The highest BCUT2D eigenvalue weighted by Crippen LogP contribution is 2.66. The smallest absolute Gasteiger partial charge is 0.306 e. The number of ether oxygens (including phenoxy) is 1. The molecule has 2 fully saturated rings. The average Bonchev–Trinajstić information content (AvgIpc) is 2.99. The molecule has 164 valence electrons. The molecule has 2 rings (SSSR count). The van der Waals surface area contributed by atoms with Gasteiger partial charge in [-0.2, -0.15) is 0 Å². The summed E-state index contributed by atoms with van der Waals surface area (Å²) in [5, 5.41) is 0.